The second-order valence-corrected chi connectivity index (χ2v) is 18.7. The molecule has 0 saturated heterocycles. The lowest BCUT2D eigenvalue weighted by atomic mass is 10.1. The third-order valence-corrected chi connectivity index (χ3v) is 8.75. The van der Waals surface area contributed by atoms with Crippen molar-refractivity contribution in [3.05, 3.63) is 86.7 Å². The van der Waals surface area contributed by atoms with Crippen LogP contribution >= 0.6 is 31.9 Å². The number of nitrogens with zero attached hydrogens (tertiary/aromatic N) is 1. The van der Waals surface area contributed by atoms with Gasteiger partial charge >= 0.3 is 18.0 Å². The molecule has 14 nitrogen and oxygen atoms in total. The van der Waals surface area contributed by atoms with E-state index in [1.54, 1.807) is 59.9 Å². The minimum absolute atomic E-state index is 0.0548. The Morgan fingerprint density at radius 2 is 1.28 bits per heavy atom. The second kappa shape index (κ2) is 26.7. The molecule has 338 valence electrons. The van der Waals surface area contributed by atoms with E-state index in [9.17, 15) is 19.2 Å². The molecular formula is C45H65Br2N5O9. The van der Waals surface area contributed by atoms with Crippen LogP contribution in [0.5, 0.6) is 5.75 Å². The number of rotatable bonds is 24. The maximum Gasteiger partial charge on any atom is 0.413 e. The number of halogens is 2. The minimum Gasteiger partial charge on any atom is -0.491 e. The third-order valence-electron chi connectivity index (χ3n) is 7.58. The van der Waals surface area contributed by atoms with Crippen LogP contribution in [-0.2, 0) is 46.5 Å². The van der Waals surface area contributed by atoms with Crippen LogP contribution in [0.2, 0.25) is 0 Å². The van der Waals surface area contributed by atoms with E-state index in [1.807, 2.05) is 63.2 Å². The Hall–Kier alpha value is -4.57. The van der Waals surface area contributed by atoms with E-state index >= 15 is 0 Å². The number of hydrogen-bond acceptors (Lipinski definition) is 12. The lowest BCUT2D eigenvalue weighted by molar-refractivity contribution is -0.154. The molecule has 4 N–H and O–H groups in total. The number of ether oxygens (including phenoxy) is 4. The summed E-state index contributed by atoms with van der Waals surface area (Å²) in [7, 11) is 0. The summed E-state index contributed by atoms with van der Waals surface area (Å²) in [5.41, 5.74) is 0.0722. The number of oxime groups is 1. The molecule has 0 atom stereocenters. The van der Waals surface area contributed by atoms with Gasteiger partial charge in [0.25, 0.3) is 5.91 Å². The molecule has 0 fully saturated rings. The molecule has 0 radical (unpaired) electrons. The SMILES string of the molecule is CC(C)(C)OC(=O)C/C=C\NCCCCOc1c(Br)cc(C/C(=N/OCc2ccccc2)C(=O)NCCCCN/C(=C/CC(=O)OC(C)(C)C)NC(=O)OC(C)(C)C)cc1Br. The van der Waals surface area contributed by atoms with Crippen molar-refractivity contribution >= 4 is 61.5 Å². The Labute approximate surface area is 378 Å². The van der Waals surface area contributed by atoms with Gasteiger partial charge in [-0.1, -0.05) is 41.6 Å². The predicted molar refractivity (Wildman–Crippen MR) is 245 cm³/mol. The van der Waals surface area contributed by atoms with Gasteiger partial charge in [-0.15, -0.1) is 0 Å². The van der Waals surface area contributed by atoms with Crippen LogP contribution in [0, 0.1) is 0 Å². The van der Waals surface area contributed by atoms with Crippen molar-refractivity contribution in [1.29, 1.82) is 0 Å². The van der Waals surface area contributed by atoms with E-state index in [4.69, 9.17) is 23.8 Å². The summed E-state index contributed by atoms with van der Waals surface area (Å²) < 4.78 is 23.6. The van der Waals surface area contributed by atoms with Crippen molar-refractivity contribution < 1.29 is 43.0 Å². The molecule has 0 aliphatic carbocycles. The van der Waals surface area contributed by atoms with E-state index in [0.717, 1.165) is 39.5 Å². The Balaban J connectivity index is 1.96. The molecule has 0 saturated carbocycles. The fourth-order valence-electron chi connectivity index (χ4n) is 5.09. The standard InChI is InChI=1S/C45H65Br2N5O9/c1-43(2,3)59-38(53)20-17-24-48-23-15-16-27-57-40-34(46)28-33(29-35(40)47)30-36(52-58-31-32-18-11-10-12-19-32)41(55)50-26-14-13-25-49-37(51-42(56)61-45(7,8)9)21-22-39(54)60-44(4,5)6/h10-12,17-19,21,24,28-29,48-49H,13-16,20,22-23,25-27,30-31H2,1-9H3,(H,50,55)(H,51,56)/b24-17-,37-21-,52-36-. The Morgan fingerprint density at radius 1 is 0.705 bits per heavy atom. The normalized spacial score (nSPS) is 12.4. The topological polar surface area (TPSA) is 175 Å². The van der Waals surface area contributed by atoms with Gasteiger partial charge in [-0.05, 0) is 155 Å². The average Bonchev–Trinajstić information content (AvgIpc) is 3.13. The summed E-state index contributed by atoms with van der Waals surface area (Å²) in [5, 5.41) is 16.2. The van der Waals surface area contributed by atoms with Gasteiger partial charge in [0.05, 0.1) is 28.4 Å². The first-order chi connectivity index (χ1) is 28.6. The summed E-state index contributed by atoms with van der Waals surface area (Å²) in [6.45, 7) is 18.4. The first kappa shape index (κ1) is 52.6. The van der Waals surface area contributed by atoms with Crippen molar-refractivity contribution in [2.24, 2.45) is 5.16 Å². The summed E-state index contributed by atoms with van der Waals surface area (Å²) in [6.07, 6.45) is 7.64. The van der Waals surface area contributed by atoms with E-state index in [2.05, 4.69) is 58.3 Å². The lowest BCUT2D eigenvalue weighted by Gasteiger charge is -2.21. The number of benzene rings is 2. The van der Waals surface area contributed by atoms with Gasteiger partial charge in [0.2, 0.25) is 0 Å². The molecule has 0 spiro atoms. The van der Waals surface area contributed by atoms with E-state index in [-0.39, 0.29) is 43.5 Å². The summed E-state index contributed by atoms with van der Waals surface area (Å²) in [4.78, 5) is 55.7. The molecule has 0 aromatic heterocycles. The van der Waals surface area contributed by atoms with Crippen molar-refractivity contribution in [2.45, 2.75) is 131 Å². The van der Waals surface area contributed by atoms with Crippen LogP contribution in [0.25, 0.3) is 0 Å². The number of amides is 2. The molecule has 0 unspecified atom stereocenters. The van der Waals surface area contributed by atoms with Crippen molar-refractivity contribution in [3.63, 3.8) is 0 Å². The molecule has 0 heterocycles. The molecule has 2 aromatic carbocycles. The number of esters is 2. The maximum atomic E-state index is 13.5. The van der Waals surface area contributed by atoms with Gasteiger partial charge in [-0.25, -0.2) is 4.79 Å². The van der Waals surface area contributed by atoms with Gasteiger partial charge in [-0.3, -0.25) is 19.7 Å². The predicted octanol–water partition coefficient (Wildman–Crippen LogP) is 8.90. The highest BCUT2D eigenvalue weighted by Gasteiger charge is 2.20. The van der Waals surface area contributed by atoms with Gasteiger partial charge in [-0.2, -0.15) is 0 Å². The number of carbonyl (C=O) groups excluding carboxylic acids is 4. The van der Waals surface area contributed by atoms with Gasteiger partial charge in [0.15, 0.2) is 0 Å². The maximum absolute atomic E-state index is 13.5. The Kier molecular flexibility index (Phi) is 23.0. The van der Waals surface area contributed by atoms with Crippen LogP contribution in [0.3, 0.4) is 0 Å². The van der Waals surface area contributed by atoms with E-state index in [1.165, 1.54) is 0 Å². The van der Waals surface area contributed by atoms with Crippen LogP contribution in [0.1, 0.15) is 112 Å². The summed E-state index contributed by atoms with van der Waals surface area (Å²) in [5.74, 6) is -0.105. The van der Waals surface area contributed by atoms with Crippen molar-refractivity contribution in [3.8, 4) is 5.75 Å². The number of alkyl carbamates (subject to hydrolysis) is 1. The third kappa shape index (κ3) is 25.7. The number of carbonyl (C=O) groups is 4. The monoisotopic (exact) mass is 977 g/mol. The molecule has 0 aliphatic rings. The zero-order chi connectivity index (χ0) is 45.5. The molecule has 61 heavy (non-hydrogen) atoms. The lowest BCUT2D eigenvalue weighted by Crippen LogP contribution is -2.37. The van der Waals surface area contributed by atoms with Crippen molar-refractivity contribution in [2.75, 3.05) is 26.2 Å². The minimum atomic E-state index is -0.704. The molecule has 0 aliphatic heterocycles. The highest BCUT2D eigenvalue weighted by atomic mass is 79.9. The summed E-state index contributed by atoms with van der Waals surface area (Å²) >= 11 is 7.26. The highest BCUT2D eigenvalue weighted by molar-refractivity contribution is 9.11. The molecule has 0 bridgehead atoms. The zero-order valence-electron chi connectivity index (χ0n) is 37.1. The molecular weight excluding hydrogens is 914 g/mol. The zero-order valence-corrected chi connectivity index (χ0v) is 40.3. The average molecular weight is 980 g/mol. The van der Waals surface area contributed by atoms with Crippen LogP contribution in [-0.4, -0.2) is 72.7 Å². The van der Waals surface area contributed by atoms with Crippen LogP contribution in [0.4, 0.5) is 4.79 Å². The summed E-state index contributed by atoms with van der Waals surface area (Å²) in [6, 6.07) is 13.3. The smallest absolute Gasteiger partial charge is 0.413 e. The number of nitrogens with one attached hydrogen (secondary N) is 4. The first-order valence-corrected chi connectivity index (χ1v) is 22.1. The molecule has 2 aromatic rings. The number of unbranched alkanes of at least 4 members (excludes halogenated alkanes) is 2. The molecule has 2 amide bonds. The van der Waals surface area contributed by atoms with Crippen LogP contribution < -0.4 is 26.0 Å². The fourth-order valence-corrected chi connectivity index (χ4v) is 6.60. The second-order valence-electron chi connectivity index (χ2n) is 17.0. The molecule has 2 rings (SSSR count). The van der Waals surface area contributed by atoms with Gasteiger partial charge < -0.3 is 39.7 Å². The first-order valence-electron chi connectivity index (χ1n) is 20.5. The van der Waals surface area contributed by atoms with Gasteiger partial charge in [0, 0.05) is 26.1 Å². The fraction of sp³-hybridized carbons (Fsp3) is 0.533. The molecule has 16 heteroatoms. The quantitative estimate of drug-likeness (QED) is 0.0260. The van der Waals surface area contributed by atoms with E-state index in [0.29, 0.717) is 44.1 Å². The Bertz CT molecular complexity index is 1770. The Morgan fingerprint density at radius 3 is 1.89 bits per heavy atom. The van der Waals surface area contributed by atoms with Gasteiger partial charge in [0.1, 0.15) is 40.7 Å². The van der Waals surface area contributed by atoms with E-state index < -0.39 is 28.9 Å². The number of hydrogen-bond donors (Lipinski definition) is 4. The highest BCUT2D eigenvalue weighted by Crippen LogP contribution is 2.35. The van der Waals surface area contributed by atoms with Crippen LogP contribution in [0.15, 0.2) is 80.7 Å². The van der Waals surface area contributed by atoms with Crippen molar-refractivity contribution in [1.82, 2.24) is 21.3 Å². The largest absolute Gasteiger partial charge is 0.491 e.